The van der Waals surface area contributed by atoms with Gasteiger partial charge in [0.2, 0.25) is 5.91 Å². The maximum absolute atomic E-state index is 12.2. The molecule has 0 unspecified atom stereocenters. The molecule has 1 N–H and O–H groups in total. The van der Waals surface area contributed by atoms with Crippen LogP contribution in [0.3, 0.4) is 0 Å². The Morgan fingerprint density at radius 1 is 1.00 bits per heavy atom. The van der Waals surface area contributed by atoms with Gasteiger partial charge in [-0.2, -0.15) is 5.10 Å². The van der Waals surface area contributed by atoms with E-state index in [0.717, 1.165) is 10.2 Å². The maximum atomic E-state index is 12.2. The Balaban J connectivity index is 1.80. The van der Waals surface area contributed by atoms with E-state index < -0.39 is 5.91 Å². The van der Waals surface area contributed by atoms with Crippen molar-refractivity contribution in [3.8, 4) is 11.3 Å². The SMILES string of the molecule is O=C(Cn1nc(-c2ccccc2)ccc1=O)Nc1cc(Cl)cc(Cl)c1. The van der Waals surface area contributed by atoms with Crippen LogP contribution >= 0.6 is 23.2 Å². The molecule has 0 aliphatic heterocycles. The molecule has 1 heterocycles. The van der Waals surface area contributed by atoms with E-state index in [4.69, 9.17) is 23.2 Å². The fourth-order valence-corrected chi connectivity index (χ4v) is 2.81. The van der Waals surface area contributed by atoms with Crippen LogP contribution in [-0.4, -0.2) is 15.7 Å². The van der Waals surface area contributed by atoms with Gasteiger partial charge in [0.15, 0.2) is 0 Å². The molecule has 25 heavy (non-hydrogen) atoms. The van der Waals surface area contributed by atoms with E-state index in [9.17, 15) is 9.59 Å². The van der Waals surface area contributed by atoms with Crippen molar-refractivity contribution >= 4 is 34.8 Å². The van der Waals surface area contributed by atoms with Gasteiger partial charge in [0.1, 0.15) is 6.54 Å². The van der Waals surface area contributed by atoms with Crippen LogP contribution in [0.4, 0.5) is 5.69 Å². The van der Waals surface area contributed by atoms with Gasteiger partial charge >= 0.3 is 0 Å². The second-order valence-corrected chi connectivity index (χ2v) is 6.16. The van der Waals surface area contributed by atoms with Gasteiger partial charge in [-0.15, -0.1) is 0 Å². The monoisotopic (exact) mass is 373 g/mol. The summed E-state index contributed by atoms with van der Waals surface area (Å²) < 4.78 is 1.11. The Kier molecular flexibility index (Phi) is 5.16. The summed E-state index contributed by atoms with van der Waals surface area (Å²) >= 11 is 11.8. The number of rotatable bonds is 4. The molecule has 5 nitrogen and oxygen atoms in total. The summed E-state index contributed by atoms with van der Waals surface area (Å²) in [5, 5.41) is 7.71. The first-order valence-corrected chi connectivity index (χ1v) is 8.16. The van der Waals surface area contributed by atoms with Gasteiger partial charge in [-0.25, -0.2) is 4.68 Å². The number of anilines is 1. The van der Waals surface area contributed by atoms with Crippen LogP contribution in [0.2, 0.25) is 10.0 Å². The predicted octanol–water partition coefficient (Wildman–Crippen LogP) is 3.86. The van der Waals surface area contributed by atoms with Crippen LogP contribution in [-0.2, 0) is 11.3 Å². The number of aromatic nitrogens is 2. The van der Waals surface area contributed by atoms with E-state index in [1.54, 1.807) is 24.3 Å². The van der Waals surface area contributed by atoms with E-state index in [1.807, 2.05) is 30.3 Å². The van der Waals surface area contributed by atoms with Crippen LogP contribution in [0.5, 0.6) is 0 Å². The van der Waals surface area contributed by atoms with Crippen LogP contribution in [0.15, 0.2) is 65.5 Å². The second-order valence-electron chi connectivity index (χ2n) is 5.29. The van der Waals surface area contributed by atoms with Crippen LogP contribution in [0.25, 0.3) is 11.3 Å². The molecular formula is C18H13Cl2N3O2. The van der Waals surface area contributed by atoms with Crippen LogP contribution in [0.1, 0.15) is 0 Å². The van der Waals surface area contributed by atoms with Gasteiger partial charge < -0.3 is 5.32 Å². The first-order valence-electron chi connectivity index (χ1n) is 7.41. The van der Waals surface area contributed by atoms with Gasteiger partial charge in [-0.1, -0.05) is 53.5 Å². The highest BCUT2D eigenvalue weighted by molar-refractivity contribution is 6.35. The van der Waals surface area contributed by atoms with Gasteiger partial charge in [-0.3, -0.25) is 9.59 Å². The summed E-state index contributed by atoms with van der Waals surface area (Å²) in [4.78, 5) is 24.2. The lowest BCUT2D eigenvalue weighted by Crippen LogP contribution is -2.29. The normalized spacial score (nSPS) is 10.5. The van der Waals surface area contributed by atoms with Crippen LogP contribution < -0.4 is 10.9 Å². The molecular weight excluding hydrogens is 361 g/mol. The van der Waals surface area contributed by atoms with Crippen molar-refractivity contribution in [1.82, 2.24) is 9.78 Å². The first kappa shape index (κ1) is 17.2. The Bertz CT molecular complexity index is 951. The average molecular weight is 374 g/mol. The fourth-order valence-electron chi connectivity index (χ4n) is 2.29. The van der Waals surface area contributed by atoms with Crippen molar-refractivity contribution in [2.75, 3.05) is 5.32 Å². The Morgan fingerprint density at radius 2 is 1.68 bits per heavy atom. The second kappa shape index (κ2) is 7.51. The molecule has 3 aromatic rings. The molecule has 1 amide bonds. The van der Waals surface area contributed by atoms with Gasteiger partial charge in [-0.05, 0) is 24.3 Å². The summed E-state index contributed by atoms with van der Waals surface area (Å²) in [5.41, 5.74) is 1.56. The van der Waals surface area contributed by atoms with E-state index in [0.29, 0.717) is 21.4 Å². The smallest absolute Gasteiger partial charge is 0.267 e. The highest BCUT2D eigenvalue weighted by Gasteiger charge is 2.09. The molecule has 0 saturated heterocycles. The zero-order valence-corrected chi connectivity index (χ0v) is 14.5. The minimum Gasteiger partial charge on any atom is -0.324 e. The summed E-state index contributed by atoms with van der Waals surface area (Å²) in [6.45, 7) is -0.219. The predicted molar refractivity (Wildman–Crippen MR) is 99.0 cm³/mol. The lowest BCUT2D eigenvalue weighted by molar-refractivity contribution is -0.117. The number of amides is 1. The molecule has 0 aliphatic carbocycles. The Morgan fingerprint density at radius 3 is 2.36 bits per heavy atom. The summed E-state index contributed by atoms with van der Waals surface area (Å²) in [7, 11) is 0. The van der Waals surface area contributed by atoms with Crippen molar-refractivity contribution in [2.45, 2.75) is 6.54 Å². The molecule has 1 aromatic heterocycles. The molecule has 0 radical (unpaired) electrons. The van der Waals surface area contributed by atoms with Crippen molar-refractivity contribution < 1.29 is 4.79 Å². The number of nitrogens with one attached hydrogen (secondary N) is 1. The first-order chi connectivity index (χ1) is 12.0. The third-order valence-corrected chi connectivity index (χ3v) is 3.81. The summed E-state index contributed by atoms with van der Waals surface area (Å²) in [5.74, 6) is -0.404. The number of halogens is 2. The Labute approximate surface area is 153 Å². The molecule has 0 saturated carbocycles. The molecule has 0 fully saturated rings. The molecule has 0 aliphatic rings. The van der Waals surface area contributed by atoms with E-state index in [-0.39, 0.29) is 12.1 Å². The zero-order valence-electron chi connectivity index (χ0n) is 12.9. The van der Waals surface area contributed by atoms with Gasteiger partial charge in [0, 0.05) is 27.4 Å². The van der Waals surface area contributed by atoms with Crippen LogP contribution in [0, 0.1) is 0 Å². The van der Waals surface area contributed by atoms with E-state index >= 15 is 0 Å². The molecule has 2 aromatic carbocycles. The van der Waals surface area contributed by atoms with E-state index in [1.165, 1.54) is 6.07 Å². The molecule has 0 bridgehead atoms. The number of carbonyl (C=O) groups excluding carboxylic acids is 1. The van der Waals surface area contributed by atoms with Gasteiger partial charge in [0.05, 0.1) is 5.69 Å². The lowest BCUT2D eigenvalue weighted by Gasteiger charge is -2.09. The summed E-state index contributed by atoms with van der Waals surface area (Å²) in [6.07, 6.45) is 0. The fraction of sp³-hybridized carbons (Fsp3) is 0.0556. The van der Waals surface area contributed by atoms with Crippen molar-refractivity contribution in [3.63, 3.8) is 0 Å². The number of hydrogen-bond donors (Lipinski definition) is 1. The summed E-state index contributed by atoms with van der Waals surface area (Å²) in [6, 6.07) is 17.1. The lowest BCUT2D eigenvalue weighted by atomic mass is 10.1. The van der Waals surface area contributed by atoms with E-state index in [2.05, 4.69) is 10.4 Å². The number of carbonyl (C=O) groups is 1. The molecule has 126 valence electrons. The number of benzene rings is 2. The third-order valence-electron chi connectivity index (χ3n) is 3.38. The number of nitrogens with zero attached hydrogens (tertiary/aromatic N) is 2. The number of hydrogen-bond acceptors (Lipinski definition) is 3. The zero-order chi connectivity index (χ0) is 17.8. The molecule has 3 rings (SSSR count). The average Bonchev–Trinajstić information content (AvgIpc) is 2.56. The molecule has 0 spiro atoms. The minimum atomic E-state index is -0.404. The van der Waals surface area contributed by atoms with Crippen molar-refractivity contribution in [2.24, 2.45) is 0 Å². The quantitative estimate of drug-likeness (QED) is 0.755. The molecule has 7 heteroatoms. The largest absolute Gasteiger partial charge is 0.324 e. The van der Waals surface area contributed by atoms with Crippen molar-refractivity contribution in [1.29, 1.82) is 0 Å². The molecule has 0 atom stereocenters. The third kappa shape index (κ3) is 4.47. The van der Waals surface area contributed by atoms with Gasteiger partial charge in [0.25, 0.3) is 5.56 Å². The highest BCUT2D eigenvalue weighted by Crippen LogP contribution is 2.22. The topological polar surface area (TPSA) is 64.0 Å². The van der Waals surface area contributed by atoms with Crippen molar-refractivity contribution in [3.05, 3.63) is 81.1 Å². The Hall–Kier alpha value is -2.63. The maximum Gasteiger partial charge on any atom is 0.267 e. The standard InChI is InChI=1S/C18H13Cl2N3O2/c19-13-8-14(20)10-15(9-13)21-17(24)11-23-18(25)7-6-16(22-23)12-4-2-1-3-5-12/h1-10H,11H2,(H,21,24). The minimum absolute atomic E-state index is 0.219. The highest BCUT2D eigenvalue weighted by atomic mass is 35.5.